The summed E-state index contributed by atoms with van der Waals surface area (Å²) in [7, 11) is 0. The number of furan rings is 1. The number of aryl methyl sites for hydroxylation is 2. The van der Waals surface area contributed by atoms with Crippen LogP contribution in [0.2, 0.25) is 0 Å². The summed E-state index contributed by atoms with van der Waals surface area (Å²) in [5.74, 6) is -0.310. The van der Waals surface area contributed by atoms with Crippen molar-refractivity contribution >= 4 is 11.8 Å². The van der Waals surface area contributed by atoms with Gasteiger partial charge in [-0.2, -0.15) is 5.26 Å². The number of carbonyl (C=O) groups excluding carboxylic acids is 2. The Morgan fingerprint density at radius 3 is 2.53 bits per heavy atom. The number of allylic oxidation sites excluding steroid dienone is 1. The number of nitriles is 1. The number of Topliss-reactive ketones (excluding diaryl/α,β-unsaturated/α-hetero) is 1. The van der Waals surface area contributed by atoms with E-state index < -0.39 is 18.4 Å². The Hall–Kier alpha value is -2.55. The number of carbonyl (C=O) groups is 2. The summed E-state index contributed by atoms with van der Waals surface area (Å²) in [5.41, 5.74) is 5.53. The normalized spacial score (nSPS) is 11.5. The van der Waals surface area contributed by atoms with Gasteiger partial charge in [-0.05, 0) is 26.8 Å². The van der Waals surface area contributed by atoms with E-state index in [2.05, 4.69) is 0 Å². The highest BCUT2D eigenvalue weighted by atomic mass is 16.5. The Labute approximate surface area is 110 Å². The van der Waals surface area contributed by atoms with Crippen LogP contribution < -0.4 is 5.73 Å². The van der Waals surface area contributed by atoms with E-state index in [0.717, 1.165) is 0 Å². The lowest BCUT2D eigenvalue weighted by Crippen LogP contribution is -2.17. The van der Waals surface area contributed by atoms with E-state index in [9.17, 15) is 9.59 Å². The fourth-order valence-corrected chi connectivity index (χ4v) is 1.48. The first-order valence-electron chi connectivity index (χ1n) is 5.50. The number of hydrogen-bond acceptors (Lipinski definition) is 6. The lowest BCUT2D eigenvalue weighted by molar-refractivity contribution is -0.118. The molecule has 0 radical (unpaired) electrons. The summed E-state index contributed by atoms with van der Waals surface area (Å²) < 4.78 is 10.0. The monoisotopic (exact) mass is 262 g/mol. The Morgan fingerprint density at radius 1 is 1.47 bits per heavy atom. The second-order valence-electron chi connectivity index (χ2n) is 4.00. The van der Waals surface area contributed by atoms with E-state index in [1.54, 1.807) is 19.9 Å². The zero-order valence-electron chi connectivity index (χ0n) is 10.9. The van der Waals surface area contributed by atoms with E-state index in [1.165, 1.54) is 13.0 Å². The summed E-state index contributed by atoms with van der Waals surface area (Å²) in [5, 5.41) is 8.73. The van der Waals surface area contributed by atoms with E-state index in [-0.39, 0.29) is 16.8 Å². The first-order chi connectivity index (χ1) is 8.86. The second kappa shape index (κ2) is 5.87. The number of nitrogens with two attached hydrogens (primary N) is 1. The molecular weight excluding hydrogens is 248 g/mol. The van der Waals surface area contributed by atoms with Gasteiger partial charge in [-0.3, -0.25) is 4.79 Å². The zero-order valence-corrected chi connectivity index (χ0v) is 10.9. The van der Waals surface area contributed by atoms with Gasteiger partial charge in [-0.15, -0.1) is 0 Å². The van der Waals surface area contributed by atoms with Crippen LogP contribution in [-0.4, -0.2) is 18.4 Å². The van der Waals surface area contributed by atoms with Gasteiger partial charge < -0.3 is 14.9 Å². The number of nitrogens with zero attached hydrogens (tertiary/aromatic N) is 1. The van der Waals surface area contributed by atoms with Gasteiger partial charge in [0, 0.05) is 5.70 Å². The predicted molar refractivity (Wildman–Crippen MR) is 66.0 cm³/mol. The molecule has 100 valence electrons. The summed E-state index contributed by atoms with van der Waals surface area (Å²) >= 11 is 0. The maximum Gasteiger partial charge on any atom is 0.342 e. The van der Waals surface area contributed by atoms with Crippen LogP contribution >= 0.6 is 0 Å². The molecule has 0 aliphatic rings. The summed E-state index contributed by atoms with van der Waals surface area (Å²) in [6, 6.07) is 3.20. The smallest absolute Gasteiger partial charge is 0.342 e. The van der Waals surface area contributed by atoms with Gasteiger partial charge in [-0.25, -0.2) is 4.79 Å². The molecule has 0 bridgehead atoms. The SMILES string of the molecule is C/C(N)=C(/C#N)C(=O)COC(=O)c1cc(C)oc1C. The predicted octanol–water partition coefficient (Wildman–Crippen LogP) is 1.38. The highest BCUT2D eigenvalue weighted by Gasteiger charge is 2.18. The minimum Gasteiger partial charge on any atom is -0.466 e. The lowest BCUT2D eigenvalue weighted by atomic mass is 10.1. The molecule has 1 aromatic rings. The molecule has 0 saturated carbocycles. The fourth-order valence-electron chi connectivity index (χ4n) is 1.48. The highest BCUT2D eigenvalue weighted by molar-refractivity contribution is 6.02. The fraction of sp³-hybridized carbons (Fsp3) is 0.308. The zero-order chi connectivity index (χ0) is 14.6. The van der Waals surface area contributed by atoms with Crippen molar-refractivity contribution in [3.63, 3.8) is 0 Å². The van der Waals surface area contributed by atoms with Gasteiger partial charge in [0.05, 0.1) is 0 Å². The van der Waals surface area contributed by atoms with Gasteiger partial charge in [0.2, 0.25) is 5.78 Å². The van der Waals surface area contributed by atoms with Crippen LogP contribution in [0.1, 0.15) is 28.8 Å². The lowest BCUT2D eigenvalue weighted by Gasteiger charge is -2.03. The third kappa shape index (κ3) is 3.45. The van der Waals surface area contributed by atoms with Crippen molar-refractivity contribution in [3.05, 3.63) is 34.4 Å². The average molecular weight is 262 g/mol. The van der Waals surface area contributed by atoms with Crippen LogP contribution in [0.15, 0.2) is 21.8 Å². The molecule has 0 amide bonds. The quantitative estimate of drug-likeness (QED) is 0.499. The molecule has 0 aliphatic carbocycles. The standard InChI is InChI=1S/C13H14N2O4/c1-7-4-10(9(3)19-7)13(17)18-6-12(16)11(5-14)8(2)15/h4H,6,15H2,1-3H3/b11-8+. The average Bonchev–Trinajstić information content (AvgIpc) is 2.66. The van der Waals surface area contributed by atoms with Crippen molar-refractivity contribution in [2.75, 3.05) is 6.61 Å². The van der Waals surface area contributed by atoms with Crippen LogP contribution in [-0.2, 0) is 9.53 Å². The van der Waals surface area contributed by atoms with Gasteiger partial charge in [-0.1, -0.05) is 0 Å². The molecule has 19 heavy (non-hydrogen) atoms. The molecule has 6 heteroatoms. The van der Waals surface area contributed by atoms with Crippen molar-refractivity contribution < 1.29 is 18.7 Å². The third-order valence-corrected chi connectivity index (χ3v) is 2.38. The first-order valence-corrected chi connectivity index (χ1v) is 5.50. The highest BCUT2D eigenvalue weighted by Crippen LogP contribution is 2.14. The van der Waals surface area contributed by atoms with Gasteiger partial charge in [0.25, 0.3) is 0 Å². The molecule has 0 spiro atoms. The summed E-state index contributed by atoms with van der Waals surface area (Å²) in [6.07, 6.45) is 0. The van der Waals surface area contributed by atoms with Gasteiger partial charge in [0.1, 0.15) is 28.7 Å². The van der Waals surface area contributed by atoms with Gasteiger partial charge >= 0.3 is 5.97 Å². The molecule has 0 aromatic carbocycles. The molecule has 1 heterocycles. The van der Waals surface area contributed by atoms with Crippen LogP contribution in [0.4, 0.5) is 0 Å². The maximum absolute atomic E-state index is 11.7. The van der Waals surface area contributed by atoms with E-state index >= 15 is 0 Å². The Balaban J connectivity index is 2.71. The Morgan fingerprint density at radius 2 is 2.11 bits per heavy atom. The maximum atomic E-state index is 11.7. The van der Waals surface area contributed by atoms with Crippen LogP contribution in [0, 0.1) is 25.2 Å². The van der Waals surface area contributed by atoms with Gasteiger partial charge in [0.15, 0.2) is 6.61 Å². The summed E-state index contributed by atoms with van der Waals surface area (Å²) in [4.78, 5) is 23.3. The molecule has 1 aromatic heterocycles. The molecule has 6 nitrogen and oxygen atoms in total. The van der Waals surface area contributed by atoms with Crippen molar-refractivity contribution in [1.82, 2.24) is 0 Å². The number of rotatable bonds is 4. The van der Waals surface area contributed by atoms with Crippen molar-refractivity contribution in [2.45, 2.75) is 20.8 Å². The van der Waals surface area contributed by atoms with Crippen LogP contribution in [0.25, 0.3) is 0 Å². The first kappa shape index (κ1) is 14.5. The van der Waals surface area contributed by atoms with E-state index in [0.29, 0.717) is 11.5 Å². The molecule has 2 N–H and O–H groups in total. The second-order valence-corrected chi connectivity index (χ2v) is 4.00. The van der Waals surface area contributed by atoms with E-state index in [4.69, 9.17) is 20.1 Å². The number of hydrogen-bond donors (Lipinski definition) is 1. The number of ether oxygens (including phenoxy) is 1. The van der Waals surface area contributed by atoms with Crippen molar-refractivity contribution in [3.8, 4) is 6.07 Å². The minimum atomic E-state index is -0.672. The molecule has 0 unspecified atom stereocenters. The molecule has 0 aliphatic heterocycles. The van der Waals surface area contributed by atoms with Crippen molar-refractivity contribution in [1.29, 1.82) is 5.26 Å². The van der Waals surface area contributed by atoms with E-state index in [1.807, 2.05) is 0 Å². The van der Waals surface area contributed by atoms with Crippen LogP contribution in [0.5, 0.6) is 0 Å². The Bertz CT molecular complexity index is 586. The minimum absolute atomic E-state index is 0.0962. The number of esters is 1. The molecule has 1 rings (SSSR count). The van der Waals surface area contributed by atoms with Crippen molar-refractivity contribution in [2.24, 2.45) is 5.73 Å². The number of ketones is 1. The topological polar surface area (TPSA) is 106 Å². The third-order valence-electron chi connectivity index (χ3n) is 2.38. The molecular formula is C13H14N2O4. The largest absolute Gasteiger partial charge is 0.466 e. The van der Waals surface area contributed by atoms with Crippen LogP contribution in [0.3, 0.4) is 0 Å². The molecule has 0 atom stereocenters. The Kier molecular flexibility index (Phi) is 4.48. The molecule has 0 fully saturated rings. The molecule has 0 saturated heterocycles. The summed E-state index contributed by atoms with van der Waals surface area (Å²) in [6.45, 7) is 4.22.